The normalized spacial score (nSPS) is 20.3. The van der Waals surface area contributed by atoms with Gasteiger partial charge in [0.15, 0.2) is 0 Å². The fraction of sp³-hybridized carbons (Fsp3) is 0.381. The summed E-state index contributed by atoms with van der Waals surface area (Å²) in [4.78, 5) is 10.5. The molecule has 0 saturated carbocycles. The predicted molar refractivity (Wildman–Crippen MR) is 98.3 cm³/mol. The molecule has 2 heteroatoms. The first kappa shape index (κ1) is 19.0. The molecule has 0 bridgehead atoms. The Balaban J connectivity index is 2.83. The van der Waals surface area contributed by atoms with Crippen LogP contribution in [0.4, 0.5) is 0 Å². The first-order valence-corrected chi connectivity index (χ1v) is 8.12. The van der Waals surface area contributed by atoms with Gasteiger partial charge in [0, 0.05) is 6.08 Å². The van der Waals surface area contributed by atoms with Crippen molar-refractivity contribution < 1.29 is 9.90 Å². The zero-order valence-corrected chi connectivity index (χ0v) is 14.9. The third-order valence-corrected chi connectivity index (χ3v) is 3.86. The van der Waals surface area contributed by atoms with Crippen molar-refractivity contribution >= 4 is 5.97 Å². The van der Waals surface area contributed by atoms with Gasteiger partial charge in [-0.2, -0.15) is 0 Å². The minimum absolute atomic E-state index is 0.630. The maximum atomic E-state index is 10.5. The maximum absolute atomic E-state index is 10.5. The Morgan fingerprint density at radius 1 is 1.17 bits per heavy atom. The highest BCUT2D eigenvalue weighted by Gasteiger charge is 2.13. The number of carboxylic acids is 1. The molecule has 0 heterocycles. The number of hydrogen-bond acceptors (Lipinski definition) is 1. The van der Waals surface area contributed by atoms with Crippen LogP contribution in [-0.2, 0) is 4.79 Å². The Morgan fingerprint density at radius 2 is 1.87 bits per heavy atom. The Kier molecular flexibility index (Phi) is 7.53. The molecule has 0 saturated heterocycles. The molecule has 0 aromatic rings. The fourth-order valence-corrected chi connectivity index (χ4v) is 2.57. The van der Waals surface area contributed by atoms with Gasteiger partial charge in [-0.05, 0) is 63.2 Å². The van der Waals surface area contributed by atoms with Gasteiger partial charge in [0.05, 0.1) is 0 Å². The van der Waals surface area contributed by atoms with Crippen LogP contribution in [-0.4, -0.2) is 11.1 Å². The van der Waals surface area contributed by atoms with Gasteiger partial charge in [0.25, 0.3) is 0 Å². The Morgan fingerprint density at radius 3 is 2.48 bits per heavy atom. The number of hydrogen-bond donors (Lipinski definition) is 1. The number of aliphatic carboxylic acids is 1. The molecule has 0 aromatic heterocycles. The molecule has 0 unspecified atom stereocenters. The van der Waals surface area contributed by atoms with Gasteiger partial charge >= 0.3 is 5.97 Å². The third-order valence-electron chi connectivity index (χ3n) is 3.86. The molecule has 0 amide bonds. The van der Waals surface area contributed by atoms with Gasteiger partial charge in [-0.1, -0.05) is 54.5 Å². The summed E-state index contributed by atoms with van der Waals surface area (Å²) in [6.45, 7) is 10.4. The van der Waals surface area contributed by atoms with E-state index < -0.39 is 5.97 Å². The minimum Gasteiger partial charge on any atom is -0.478 e. The summed E-state index contributed by atoms with van der Waals surface area (Å²) in [6, 6.07) is 0. The Labute approximate surface area is 140 Å². The van der Waals surface area contributed by atoms with Gasteiger partial charge in [0.1, 0.15) is 0 Å². The van der Waals surface area contributed by atoms with Crippen LogP contribution >= 0.6 is 0 Å². The van der Waals surface area contributed by atoms with Crippen LogP contribution in [0.3, 0.4) is 0 Å². The summed E-state index contributed by atoms with van der Waals surface area (Å²) in [5.74, 6) is -0.286. The lowest BCUT2D eigenvalue weighted by Crippen LogP contribution is -2.04. The summed E-state index contributed by atoms with van der Waals surface area (Å²) in [7, 11) is 0. The quantitative estimate of drug-likeness (QED) is 0.517. The molecular weight excluding hydrogens is 284 g/mol. The van der Waals surface area contributed by atoms with Crippen LogP contribution in [0, 0.1) is 5.92 Å². The van der Waals surface area contributed by atoms with Crippen LogP contribution in [0.25, 0.3) is 0 Å². The van der Waals surface area contributed by atoms with Gasteiger partial charge in [0.2, 0.25) is 0 Å². The van der Waals surface area contributed by atoms with Crippen LogP contribution in [0.15, 0.2) is 70.4 Å². The molecule has 1 aliphatic rings. The van der Waals surface area contributed by atoms with Crippen molar-refractivity contribution in [3.05, 3.63) is 70.4 Å². The molecule has 1 rings (SSSR count). The third kappa shape index (κ3) is 7.14. The Hall–Kier alpha value is -2.09. The van der Waals surface area contributed by atoms with E-state index in [9.17, 15) is 4.79 Å². The zero-order valence-electron chi connectivity index (χ0n) is 14.9. The largest absolute Gasteiger partial charge is 0.478 e. The lowest BCUT2D eigenvalue weighted by atomic mass is 9.85. The molecule has 0 radical (unpaired) electrons. The first-order valence-electron chi connectivity index (χ1n) is 8.12. The van der Waals surface area contributed by atoms with Crippen molar-refractivity contribution in [3.8, 4) is 0 Å². The van der Waals surface area contributed by atoms with E-state index >= 15 is 0 Å². The van der Waals surface area contributed by atoms with Crippen molar-refractivity contribution in [1.29, 1.82) is 0 Å². The average molecular weight is 312 g/mol. The minimum atomic E-state index is -0.916. The van der Waals surface area contributed by atoms with Crippen LogP contribution in [0.2, 0.25) is 0 Å². The lowest BCUT2D eigenvalue weighted by molar-refractivity contribution is -0.131. The molecule has 1 aliphatic carbocycles. The molecule has 1 atom stereocenters. The van der Waals surface area contributed by atoms with Crippen LogP contribution in [0.5, 0.6) is 0 Å². The molecule has 0 aromatic carbocycles. The van der Waals surface area contributed by atoms with Gasteiger partial charge in [-0.15, -0.1) is 0 Å². The monoisotopic (exact) mass is 312 g/mol. The predicted octanol–water partition coefficient (Wildman–Crippen LogP) is 5.77. The second-order valence-corrected chi connectivity index (χ2v) is 6.45. The van der Waals surface area contributed by atoms with E-state index in [4.69, 9.17) is 5.11 Å². The van der Waals surface area contributed by atoms with E-state index in [-0.39, 0.29) is 0 Å². The van der Waals surface area contributed by atoms with Crippen molar-refractivity contribution in [1.82, 2.24) is 0 Å². The van der Waals surface area contributed by atoms with Gasteiger partial charge in [-0.25, -0.2) is 4.79 Å². The molecule has 1 N–H and O–H groups in total. The molecule has 0 spiro atoms. The summed E-state index contributed by atoms with van der Waals surface area (Å²) in [6.07, 6.45) is 15.9. The maximum Gasteiger partial charge on any atom is 0.328 e. The number of carboxylic acid groups (broad SMARTS) is 1. The smallest absolute Gasteiger partial charge is 0.328 e. The molecule has 23 heavy (non-hydrogen) atoms. The summed E-state index contributed by atoms with van der Waals surface area (Å²) < 4.78 is 0. The molecule has 0 aliphatic heterocycles. The number of rotatable bonds is 5. The van der Waals surface area contributed by atoms with Crippen molar-refractivity contribution in [2.24, 2.45) is 5.92 Å². The summed E-state index contributed by atoms with van der Waals surface area (Å²) >= 11 is 0. The van der Waals surface area contributed by atoms with E-state index in [0.29, 0.717) is 5.92 Å². The fourth-order valence-electron chi connectivity index (χ4n) is 2.57. The highest BCUT2D eigenvalue weighted by atomic mass is 16.4. The highest BCUT2D eigenvalue weighted by Crippen LogP contribution is 2.30. The second-order valence-electron chi connectivity index (χ2n) is 6.45. The van der Waals surface area contributed by atoms with Crippen LogP contribution in [0.1, 0.15) is 47.5 Å². The standard InChI is InChI=1S/C21H28O2/c1-15(2)20-12-10-18(5)13-19(20)11-9-16(3)7-6-8-17(4)14-21(22)23/h6-9,11,13-14,18H,10,12H2,1-5H3,(H,22,23)/b8-6+,11-9+,16-7-,17-14+/t18-/m1/s1. The van der Waals surface area contributed by atoms with Gasteiger partial charge in [-0.3, -0.25) is 0 Å². The van der Waals surface area contributed by atoms with E-state index in [1.54, 1.807) is 13.0 Å². The van der Waals surface area contributed by atoms with Crippen molar-refractivity contribution in [3.63, 3.8) is 0 Å². The zero-order chi connectivity index (χ0) is 17.4. The van der Waals surface area contributed by atoms with E-state index in [1.807, 2.05) is 19.1 Å². The van der Waals surface area contributed by atoms with Crippen LogP contribution < -0.4 is 0 Å². The van der Waals surface area contributed by atoms with E-state index in [2.05, 4.69) is 39.0 Å². The highest BCUT2D eigenvalue weighted by molar-refractivity contribution is 5.81. The SMILES string of the molecule is CC(C)=C1CC[C@@H](C)C=C1/C=C/C(C)=C\C=C\C(C)=C\C(=O)O. The summed E-state index contributed by atoms with van der Waals surface area (Å²) in [5, 5.41) is 8.66. The molecular formula is C21H28O2. The van der Waals surface area contributed by atoms with Gasteiger partial charge < -0.3 is 5.11 Å². The number of carbonyl (C=O) groups is 1. The second kappa shape index (κ2) is 9.14. The molecule has 124 valence electrons. The van der Waals surface area contributed by atoms with E-state index in [0.717, 1.165) is 17.6 Å². The average Bonchev–Trinajstić information content (AvgIpc) is 2.44. The molecule has 0 fully saturated rings. The molecule has 2 nitrogen and oxygen atoms in total. The van der Waals surface area contributed by atoms with E-state index in [1.165, 1.54) is 29.2 Å². The Bertz CT molecular complexity index is 618. The first-order chi connectivity index (χ1) is 10.8. The number of allylic oxidation sites excluding steroid dienone is 11. The topological polar surface area (TPSA) is 37.3 Å². The summed E-state index contributed by atoms with van der Waals surface area (Å²) in [5.41, 5.74) is 6.05. The van der Waals surface area contributed by atoms with Crippen molar-refractivity contribution in [2.45, 2.75) is 47.5 Å². The van der Waals surface area contributed by atoms with Crippen molar-refractivity contribution in [2.75, 3.05) is 0 Å². The lowest BCUT2D eigenvalue weighted by Gasteiger charge is -2.20.